The Morgan fingerprint density at radius 2 is 2.33 bits per heavy atom. The van der Waals surface area contributed by atoms with E-state index in [1.54, 1.807) is 5.54 Å². The quantitative estimate of drug-likeness (QED) is 0.484. The van der Waals surface area contributed by atoms with Crippen LogP contribution in [0, 0.1) is 0 Å². The Balaban J connectivity index is 3.07. The van der Waals surface area contributed by atoms with Crippen molar-refractivity contribution in [1.82, 2.24) is 0 Å². The van der Waals surface area contributed by atoms with E-state index in [0.29, 0.717) is 0 Å². The highest BCUT2D eigenvalue weighted by Gasteiger charge is 1.87. The Bertz CT molecular complexity index is 91.1. The Morgan fingerprint density at radius 3 is 2.78 bits per heavy atom. The van der Waals surface area contributed by atoms with Crippen LogP contribution in [-0.4, -0.2) is 17.1 Å². The zero-order chi connectivity index (χ0) is 7.11. The summed E-state index contributed by atoms with van der Waals surface area (Å²) in [7, 11) is 0. The van der Waals surface area contributed by atoms with Gasteiger partial charge in [-0.05, 0) is 13.2 Å². The summed E-state index contributed by atoms with van der Waals surface area (Å²) in [5.74, 6) is 1.06. The van der Waals surface area contributed by atoms with Crippen LogP contribution >= 0.6 is 35.1 Å². The average molecular weight is 183 g/mol. The molecule has 0 unspecified atom stereocenters. The molecule has 0 aromatic heterocycles. The van der Waals surface area contributed by atoms with Crippen LogP contribution in [-0.2, 0) is 0 Å². The predicted molar refractivity (Wildman–Crippen MR) is 50.5 cm³/mol. The van der Waals surface area contributed by atoms with E-state index in [9.17, 15) is 0 Å². The van der Waals surface area contributed by atoms with E-state index in [1.165, 1.54) is 5.57 Å². The van der Waals surface area contributed by atoms with Gasteiger partial charge in [-0.15, -0.1) is 11.8 Å². The number of thioether (sulfide) groups is 2. The molecule has 0 bridgehead atoms. The van der Waals surface area contributed by atoms with E-state index < -0.39 is 0 Å². The van der Waals surface area contributed by atoms with Gasteiger partial charge in [-0.25, -0.2) is 0 Å². The van der Waals surface area contributed by atoms with Crippen LogP contribution in [0.15, 0.2) is 11.1 Å². The third-order valence-electron chi connectivity index (χ3n) is 0.717. The van der Waals surface area contributed by atoms with Crippen molar-refractivity contribution in [1.29, 1.82) is 0 Å². The minimum atomic E-state index is 1.06. The van der Waals surface area contributed by atoms with Gasteiger partial charge < -0.3 is 0 Å². The Kier molecular flexibility index (Phi) is 7.40. The van der Waals surface area contributed by atoms with Gasteiger partial charge in [0.25, 0.3) is 0 Å². The van der Waals surface area contributed by atoms with E-state index in [-0.39, 0.29) is 0 Å². The molecule has 3 heteroatoms. The lowest BCUT2D eigenvalue weighted by Gasteiger charge is -1.96. The summed E-state index contributed by atoms with van der Waals surface area (Å²) in [6.07, 6.45) is 2.10. The summed E-state index contributed by atoms with van der Waals surface area (Å²) in [6.45, 7) is 2.04. The molecule has 0 amide bonds. The van der Waals surface area contributed by atoms with E-state index in [0.717, 1.165) is 10.8 Å². The molecule has 0 atom stereocenters. The molecule has 9 heavy (non-hydrogen) atoms. The molecule has 0 rings (SSSR count). The molecular formula is C6H11ClS2. The maximum atomic E-state index is 5.45. The third kappa shape index (κ3) is 6.62. The minimum absolute atomic E-state index is 1.06. The lowest BCUT2D eigenvalue weighted by Crippen LogP contribution is -1.79. The highest BCUT2D eigenvalue weighted by Crippen LogP contribution is 2.12. The van der Waals surface area contributed by atoms with E-state index in [2.05, 4.69) is 6.26 Å². The topological polar surface area (TPSA) is 0 Å². The number of rotatable bonds is 4. The zero-order valence-electron chi connectivity index (χ0n) is 5.69. The van der Waals surface area contributed by atoms with Gasteiger partial charge in [0.05, 0.1) is 0 Å². The second-order valence-electron chi connectivity index (χ2n) is 1.71. The summed E-state index contributed by atoms with van der Waals surface area (Å²) in [5, 5.41) is 1.15. The molecule has 0 radical (unpaired) electrons. The number of hydrogen-bond acceptors (Lipinski definition) is 2. The lowest BCUT2D eigenvalue weighted by molar-refractivity contribution is 1.43. The van der Waals surface area contributed by atoms with Gasteiger partial charge in [-0.2, -0.15) is 11.8 Å². The molecule has 0 fully saturated rings. The molecule has 0 saturated carbocycles. The van der Waals surface area contributed by atoms with Crippen LogP contribution in [0.4, 0.5) is 0 Å². The fourth-order valence-electron chi connectivity index (χ4n) is 0.317. The molecule has 0 saturated heterocycles. The first-order valence-corrected chi connectivity index (χ1v) is 5.62. The number of hydrogen-bond donors (Lipinski definition) is 0. The second kappa shape index (κ2) is 6.84. The Morgan fingerprint density at radius 1 is 1.67 bits per heavy atom. The SMILES string of the molecule is CSCSC/C(C)=C/Cl. The molecule has 0 N–H and O–H groups in total. The van der Waals surface area contributed by atoms with Gasteiger partial charge in [0.1, 0.15) is 0 Å². The highest BCUT2D eigenvalue weighted by atomic mass is 35.5. The van der Waals surface area contributed by atoms with Crippen molar-refractivity contribution in [3.05, 3.63) is 11.1 Å². The maximum Gasteiger partial charge on any atom is 0.0392 e. The first kappa shape index (κ1) is 9.73. The molecule has 0 aliphatic rings. The minimum Gasteiger partial charge on any atom is -0.154 e. The molecule has 54 valence electrons. The monoisotopic (exact) mass is 182 g/mol. The van der Waals surface area contributed by atoms with Gasteiger partial charge in [0, 0.05) is 16.4 Å². The fourth-order valence-corrected chi connectivity index (χ4v) is 1.89. The predicted octanol–water partition coefficient (Wildman–Crippen LogP) is 3.18. The van der Waals surface area contributed by atoms with Gasteiger partial charge in [0.15, 0.2) is 0 Å². The van der Waals surface area contributed by atoms with Gasteiger partial charge >= 0.3 is 0 Å². The van der Waals surface area contributed by atoms with Crippen LogP contribution in [0.2, 0.25) is 0 Å². The fraction of sp³-hybridized carbons (Fsp3) is 0.667. The summed E-state index contributed by atoms with van der Waals surface area (Å²) < 4.78 is 0. The Hall–Kier alpha value is 0.730. The molecule has 0 aliphatic heterocycles. The average Bonchev–Trinajstić information content (AvgIpc) is 1.89. The molecule has 0 heterocycles. The van der Waals surface area contributed by atoms with Crippen molar-refractivity contribution in [2.24, 2.45) is 0 Å². The summed E-state index contributed by atoms with van der Waals surface area (Å²) in [5.41, 5.74) is 2.89. The zero-order valence-corrected chi connectivity index (χ0v) is 8.07. The second-order valence-corrected chi connectivity index (χ2v) is 4.15. The van der Waals surface area contributed by atoms with Crippen molar-refractivity contribution in [3.63, 3.8) is 0 Å². The van der Waals surface area contributed by atoms with Gasteiger partial charge in [-0.3, -0.25) is 0 Å². The van der Waals surface area contributed by atoms with Gasteiger partial charge in [0.2, 0.25) is 0 Å². The first-order valence-electron chi connectivity index (χ1n) is 2.63. The molecule has 0 spiro atoms. The van der Waals surface area contributed by atoms with Crippen molar-refractivity contribution in [2.75, 3.05) is 17.1 Å². The van der Waals surface area contributed by atoms with E-state index >= 15 is 0 Å². The smallest absolute Gasteiger partial charge is 0.0392 e. The molecule has 0 nitrogen and oxygen atoms in total. The summed E-state index contributed by atoms with van der Waals surface area (Å²) >= 11 is 9.19. The van der Waals surface area contributed by atoms with Crippen molar-refractivity contribution < 1.29 is 0 Å². The van der Waals surface area contributed by atoms with Crippen LogP contribution in [0.5, 0.6) is 0 Å². The number of halogens is 1. The summed E-state index contributed by atoms with van der Waals surface area (Å²) in [6, 6.07) is 0. The van der Waals surface area contributed by atoms with Crippen LogP contribution in [0.1, 0.15) is 6.92 Å². The van der Waals surface area contributed by atoms with Crippen molar-refractivity contribution >= 4 is 35.1 Å². The van der Waals surface area contributed by atoms with Crippen LogP contribution in [0.3, 0.4) is 0 Å². The Labute approximate surface area is 70.4 Å². The van der Waals surface area contributed by atoms with Gasteiger partial charge in [-0.1, -0.05) is 17.2 Å². The van der Waals surface area contributed by atoms with Crippen molar-refractivity contribution in [3.8, 4) is 0 Å². The first-order chi connectivity index (χ1) is 4.31. The molecule has 0 aromatic carbocycles. The maximum absolute atomic E-state index is 5.45. The molecule has 0 aromatic rings. The molecular weight excluding hydrogens is 172 g/mol. The normalized spacial score (nSPS) is 12.1. The lowest BCUT2D eigenvalue weighted by atomic mass is 10.4. The van der Waals surface area contributed by atoms with E-state index in [1.807, 2.05) is 30.4 Å². The third-order valence-corrected chi connectivity index (χ3v) is 3.36. The summed E-state index contributed by atoms with van der Waals surface area (Å²) in [4.78, 5) is 0. The van der Waals surface area contributed by atoms with E-state index in [4.69, 9.17) is 11.6 Å². The van der Waals surface area contributed by atoms with Crippen LogP contribution < -0.4 is 0 Å². The molecule has 0 aliphatic carbocycles. The standard InChI is InChI=1S/C6H11ClS2/c1-6(3-7)4-9-5-8-2/h3H,4-5H2,1-2H3/b6-3+. The highest BCUT2D eigenvalue weighted by molar-refractivity contribution is 8.15. The largest absolute Gasteiger partial charge is 0.154 e. The van der Waals surface area contributed by atoms with Crippen molar-refractivity contribution in [2.45, 2.75) is 6.92 Å². The van der Waals surface area contributed by atoms with Crippen LogP contribution in [0.25, 0.3) is 0 Å².